The molecule has 0 saturated heterocycles. The van der Waals surface area contributed by atoms with E-state index in [4.69, 9.17) is 5.11 Å². The molecule has 0 atom stereocenters. The fourth-order valence-corrected chi connectivity index (χ4v) is 2.28. The Morgan fingerprint density at radius 2 is 2.05 bits per heavy atom. The second-order valence-corrected chi connectivity index (χ2v) is 4.76. The number of hydrogen-bond donors (Lipinski definition) is 1. The molecule has 1 N–H and O–H groups in total. The van der Waals surface area contributed by atoms with E-state index in [1.165, 1.54) is 6.07 Å². The van der Waals surface area contributed by atoms with E-state index in [0.717, 1.165) is 0 Å². The highest BCUT2D eigenvalue weighted by molar-refractivity contribution is 5.71. The standard InChI is InChI=1S/C14H15N3O4/c1-9-12(7-14(18)19)10(2)16(15-9)8-11-5-3-4-6-13(11)17(20)21/h3-6H,7-8H2,1-2H3,(H,18,19). The zero-order valence-electron chi connectivity index (χ0n) is 11.7. The predicted molar refractivity (Wildman–Crippen MR) is 75.2 cm³/mol. The Morgan fingerprint density at radius 3 is 2.67 bits per heavy atom. The summed E-state index contributed by atoms with van der Waals surface area (Å²) in [5.74, 6) is -0.925. The maximum Gasteiger partial charge on any atom is 0.307 e. The van der Waals surface area contributed by atoms with E-state index in [1.807, 2.05) is 0 Å². The first-order valence-electron chi connectivity index (χ1n) is 6.37. The van der Waals surface area contributed by atoms with Crippen molar-refractivity contribution in [2.24, 2.45) is 0 Å². The summed E-state index contributed by atoms with van der Waals surface area (Å²) in [6.45, 7) is 3.75. The zero-order valence-corrected chi connectivity index (χ0v) is 11.7. The zero-order chi connectivity index (χ0) is 15.6. The Hall–Kier alpha value is -2.70. The van der Waals surface area contributed by atoms with Gasteiger partial charge in [0.2, 0.25) is 0 Å². The average molecular weight is 289 g/mol. The van der Waals surface area contributed by atoms with Gasteiger partial charge in [-0.05, 0) is 13.8 Å². The minimum atomic E-state index is -0.925. The summed E-state index contributed by atoms with van der Waals surface area (Å²) in [6.07, 6.45) is -0.103. The van der Waals surface area contributed by atoms with Crippen molar-refractivity contribution in [2.75, 3.05) is 0 Å². The van der Waals surface area contributed by atoms with Crippen molar-refractivity contribution in [3.05, 3.63) is 56.9 Å². The summed E-state index contributed by atoms with van der Waals surface area (Å²) in [5.41, 5.74) is 2.57. The molecule has 1 aromatic heterocycles. The lowest BCUT2D eigenvalue weighted by atomic mass is 10.1. The van der Waals surface area contributed by atoms with Crippen LogP contribution in [0.3, 0.4) is 0 Å². The molecule has 0 unspecified atom stereocenters. The Balaban J connectivity index is 2.37. The number of aliphatic carboxylic acids is 1. The average Bonchev–Trinajstić information content (AvgIpc) is 2.66. The number of para-hydroxylation sites is 1. The number of hydrogen-bond acceptors (Lipinski definition) is 4. The smallest absolute Gasteiger partial charge is 0.307 e. The van der Waals surface area contributed by atoms with Crippen LogP contribution in [0.2, 0.25) is 0 Å². The molecule has 0 amide bonds. The second-order valence-electron chi connectivity index (χ2n) is 4.76. The van der Waals surface area contributed by atoms with Crippen LogP contribution in [0.25, 0.3) is 0 Å². The largest absolute Gasteiger partial charge is 0.481 e. The van der Waals surface area contributed by atoms with Crippen molar-refractivity contribution in [1.82, 2.24) is 9.78 Å². The fourth-order valence-electron chi connectivity index (χ4n) is 2.28. The second kappa shape index (κ2) is 5.74. The van der Waals surface area contributed by atoms with Crippen molar-refractivity contribution in [2.45, 2.75) is 26.8 Å². The van der Waals surface area contributed by atoms with Crippen LogP contribution in [0.1, 0.15) is 22.5 Å². The highest BCUT2D eigenvalue weighted by Gasteiger charge is 2.18. The number of nitrogens with zero attached hydrogens (tertiary/aromatic N) is 3. The summed E-state index contributed by atoms with van der Waals surface area (Å²) >= 11 is 0. The van der Waals surface area contributed by atoms with Gasteiger partial charge in [-0.2, -0.15) is 5.10 Å². The van der Waals surface area contributed by atoms with Gasteiger partial charge in [-0.15, -0.1) is 0 Å². The molecule has 0 aliphatic heterocycles. The van der Waals surface area contributed by atoms with E-state index in [1.54, 1.807) is 36.7 Å². The van der Waals surface area contributed by atoms with Gasteiger partial charge in [0.05, 0.1) is 29.1 Å². The van der Waals surface area contributed by atoms with Gasteiger partial charge >= 0.3 is 5.97 Å². The molecular weight excluding hydrogens is 274 g/mol. The molecule has 0 bridgehead atoms. The third-order valence-electron chi connectivity index (χ3n) is 3.37. The molecule has 0 radical (unpaired) electrons. The minimum Gasteiger partial charge on any atom is -0.481 e. The predicted octanol–water partition coefficient (Wildman–Crippen LogP) is 2.08. The molecular formula is C14H15N3O4. The number of rotatable bonds is 5. The molecule has 7 nitrogen and oxygen atoms in total. The van der Waals surface area contributed by atoms with E-state index in [9.17, 15) is 14.9 Å². The van der Waals surface area contributed by atoms with Gasteiger partial charge in [0, 0.05) is 17.3 Å². The fraction of sp³-hybridized carbons (Fsp3) is 0.286. The Labute approximate surface area is 121 Å². The van der Waals surface area contributed by atoms with E-state index in [0.29, 0.717) is 22.5 Å². The van der Waals surface area contributed by atoms with Gasteiger partial charge in [-0.1, -0.05) is 18.2 Å². The first-order valence-corrected chi connectivity index (χ1v) is 6.37. The number of nitro benzene ring substituents is 1. The molecule has 0 aliphatic rings. The number of carboxylic acid groups (broad SMARTS) is 1. The Bertz CT molecular complexity index is 706. The molecule has 2 rings (SSSR count). The number of carbonyl (C=O) groups is 1. The Kier molecular flexibility index (Phi) is 4.02. The normalized spacial score (nSPS) is 10.6. The number of aromatic nitrogens is 2. The van der Waals surface area contributed by atoms with Crippen molar-refractivity contribution in [1.29, 1.82) is 0 Å². The number of aryl methyl sites for hydroxylation is 1. The molecule has 110 valence electrons. The summed E-state index contributed by atoms with van der Waals surface area (Å²) in [7, 11) is 0. The Morgan fingerprint density at radius 1 is 1.38 bits per heavy atom. The maximum atomic E-state index is 11.0. The number of nitro groups is 1. The molecule has 21 heavy (non-hydrogen) atoms. The summed E-state index contributed by atoms with van der Waals surface area (Å²) in [5, 5.41) is 24.2. The molecule has 1 aromatic carbocycles. The molecule has 0 spiro atoms. The third kappa shape index (κ3) is 3.07. The molecule has 2 aromatic rings. The highest BCUT2D eigenvalue weighted by Crippen LogP contribution is 2.21. The van der Waals surface area contributed by atoms with Crippen molar-refractivity contribution >= 4 is 11.7 Å². The van der Waals surface area contributed by atoms with Crippen LogP contribution in [-0.4, -0.2) is 25.8 Å². The lowest BCUT2D eigenvalue weighted by Gasteiger charge is -2.06. The highest BCUT2D eigenvalue weighted by atomic mass is 16.6. The lowest BCUT2D eigenvalue weighted by Crippen LogP contribution is -2.07. The topological polar surface area (TPSA) is 98.3 Å². The number of carboxylic acids is 1. The van der Waals surface area contributed by atoms with Crippen LogP contribution in [-0.2, 0) is 17.8 Å². The quantitative estimate of drug-likeness (QED) is 0.671. The van der Waals surface area contributed by atoms with Gasteiger partial charge in [0.1, 0.15) is 0 Å². The van der Waals surface area contributed by atoms with Crippen LogP contribution in [0.5, 0.6) is 0 Å². The van der Waals surface area contributed by atoms with Crippen LogP contribution in [0.15, 0.2) is 24.3 Å². The lowest BCUT2D eigenvalue weighted by molar-refractivity contribution is -0.385. The van der Waals surface area contributed by atoms with Crippen molar-refractivity contribution in [3.63, 3.8) is 0 Å². The van der Waals surface area contributed by atoms with E-state index < -0.39 is 10.9 Å². The summed E-state index contributed by atoms with van der Waals surface area (Å²) < 4.78 is 1.61. The number of benzene rings is 1. The van der Waals surface area contributed by atoms with Crippen LogP contribution >= 0.6 is 0 Å². The summed E-state index contributed by atoms with van der Waals surface area (Å²) in [6, 6.07) is 6.45. The maximum absolute atomic E-state index is 11.0. The van der Waals surface area contributed by atoms with Gasteiger partial charge in [-0.25, -0.2) is 0 Å². The van der Waals surface area contributed by atoms with Crippen LogP contribution in [0, 0.1) is 24.0 Å². The van der Waals surface area contributed by atoms with Gasteiger partial charge in [-0.3, -0.25) is 19.6 Å². The first kappa shape index (κ1) is 14.7. The molecule has 0 fully saturated rings. The van der Waals surface area contributed by atoms with E-state index in [-0.39, 0.29) is 18.7 Å². The van der Waals surface area contributed by atoms with Gasteiger partial charge in [0.15, 0.2) is 0 Å². The molecule has 0 saturated carbocycles. The first-order chi connectivity index (χ1) is 9.90. The third-order valence-corrected chi connectivity index (χ3v) is 3.37. The van der Waals surface area contributed by atoms with Crippen molar-refractivity contribution in [3.8, 4) is 0 Å². The SMILES string of the molecule is Cc1nn(Cc2ccccc2[N+](=O)[O-])c(C)c1CC(=O)O. The van der Waals surface area contributed by atoms with Gasteiger partial charge in [0.25, 0.3) is 5.69 Å². The van der Waals surface area contributed by atoms with Gasteiger partial charge < -0.3 is 5.11 Å². The summed E-state index contributed by atoms with van der Waals surface area (Å²) in [4.78, 5) is 21.4. The molecule has 1 heterocycles. The minimum absolute atomic E-state index is 0.0323. The monoisotopic (exact) mass is 289 g/mol. The van der Waals surface area contributed by atoms with Crippen molar-refractivity contribution < 1.29 is 14.8 Å². The molecule has 0 aliphatic carbocycles. The molecule has 7 heteroatoms. The van der Waals surface area contributed by atoms with Crippen LogP contribution in [0.4, 0.5) is 5.69 Å². The van der Waals surface area contributed by atoms with E-state index >= 15 is 0 Å². The van der Waals surface area contributed by atoms with E-state index in [2.05, 4.69) is 5.10 Å². The van der Waals surface area contributed by atoms with Crippen LogP contribution < -0.4 is 0 Å².